The fourth-order valence-corrected chi connectivity index (χ4v) is 3.16. The molecule has 2 aromatic carbocycles. The second-order valence-electron chi connectivity index (χ2n) is 6.46. The van der Waals surface area contributed by atoms with Gasteiger partial charge in [-0.3, -0.25) is 14.3 Å². The summed E-state index contributed by atoms with van der Waals surface area (Å²) in [5.74, 6) is -0.800. The summed E-state index contributed by atoms with van der Waals surface area (Å²) in [4.78, 5) is 24.5. The largest absolute Gasteiger partial charge is 0.454 e. The Kier molecular flexibility index (Phi) is 6.74. The number of ether oxygens (including phenoxy) is 1. The molecule has 1 N–H and O–H groups in total. The molecule has 7 heteroatoms. The molecular weight excluding hydrogens is 366 g/mol. The maximum Gasteiger partial charge on any atom is 0.307 e. The zero-order valence-corrected chi connectivity index (χ0v) is 16.3. The van der Waals surface area contributed by atoms with E-state index in [1.165, 1.54) is 31.2 Å². The maximum absolute atomic E-state index is 12.4. The third kappa shape index (κ3) is 6.53. The number of ketones is 1. The number of rotatable bonds is 8. The average Bonchev–Trinajstić information content (AvgIpc) is 2.61. The quantitative estimate of drug-likeness (QED) is 0.552. The number of Topliss-reactive ketones (excluding diaryl/α,β-unsaturated/α-hetero) is 1. The van der Waals surface area contributed by atoms with Crippen molar-refractivity contribution in [2.24, 2.45) is 0 Å². The molecule has 2 aromatic rings. The van der Waals surface area contributed by atoms with Crippen LogP contribution in [-0.4, -0.2) is 32.5 Å². The first kappa shape index (κ1) is 20.6. The van der Waals surface area contributed by atoms with Crippen LogP contribution >= 0.6 is 0 Å². The van der Waals surface area contributed by atoms with Crippen molar-refractivity contribution < 1.29 is 22.7 Å². The first-order valence-corrected chi connectivity index (χ1v) is 10.4. The lowest BCUT2D eigenvalue weighted by atomic mass is 9.98. The van der Waals surface area contributed by atoms with Gasteiger partial charge in [0.2, 0.25) is 15.8 Å². The Hall–Kier alpha value is -2.67. The Balaban J connectivity index is 1.93. The lowest BCUT2D eigenvalue weighted by molar-refractivity contribution is -0.146. The lowest BCUT2D eigenvalue weighted by Crippen LogP contribution is -2.25. The molecule has 27 heavy (non-hydrogen) atoms. The number of sulfonamides is 1. The Morgan fingerprint density at radius 3 is 2.15 bits per heavy atom. The predicted molar refractivity (Wildman–Crippen MR) is 104 cm³/mol. The van der Waals surface area contributed by atoms with Crippen molar-refractivity contribution >= 4 is 27.5 Å². The summed E-state index contributed by atoms with van der Waals surface area (Å²) in [6.45, 7) is 3.45. The van der Waals surface area contributed by atoms with Crippen molar-refractivity contribution in [2.45, 2.75) is 32.3 Å². The predicted octanol–water partition coefficient (Wildman–Crippen LogP) is 3.37. The van der Waals surface area contributed by atoms with Crippen LogP contribution in [0.25, 0.3) is 0 Å². The number of hydrogen-bond donors (Lipinski definition) is 1. The van der Waals surface area contributed by atoms with Crippen LogP contribution in [0.5, 0.6) is 0 Å². The van der Waals surface area contributed by atoms with Gasteiger partial charge < -0.3 is 4.74 Å². The minimum atomic E-state index is -3.38. The molecule has 0 spiro atoms. The average molecular weight is 389 g/mol. The smallest absolute Gasteiger partial charge is 0.307 e. The van der Waals surface area contributed by atoms with Crippen LogP contribution in [0.15, 0.2) is 54.6 Å². The second kappa shape index (κ2) is 8.81. The highest BCUT2D eigenvalue weighted by atomic mass is 32.2. The molecule has 0 aliphatic carbocycles. The summed E-state index contributed by atoms with van der Waals surface area (Å²) in [7, 11) is -3.38. The maximum atomic E-state index is 12.4. The molecule has 0 unspecified atom stereocenters. The first-order chi connectivity index (χ1) is 12.7. The van der Waals surface area contributed by atoms with Gasteiger partial charge in [0, 0.05) is 11.3 Å². The molecule has 0 saturated carbocycles. The summed E-state index contributed by atoms with van der Waals surface area (Å²) in [6, 6.07) is 15.6. The monoisotopic (exact) mass is 389 g/mol. The summed E-state index contributed by atoms with van der Waals surface area (Å²) in [5.41, 5.74) is 1.73. The van der Waals surface area contributed by atoms with Crippen molar-refractivity contribution in [3.05, 3.63) is 65.7 Å². The molecule has 0 heterocycles. The molecule has 0 amide bonds. The number of carbonyl (C=O) groups is 2. The van der Waals surface area contributed by atoms with Crippen LogP contribution < -0.4 is 4.72 Å². The molecule has 6 nitrogen and oxygen atoms in total. The van der Waals surface area contributed by atoms with Crippen molar-refractivity contribution in [3.63, 3.8) is 0 Å². The number of anilines is 1. The molecule has 0 aliphatic rings. The minimum Gasteiger partial charge on any atom is -0.454 e. The third-order valence-corrected chi connectivity index (χ3v) is 4.60. The molecule has 2 rings (SSSR count). The van der Waals surface area contributed by atoms with Gasteiger partial charge in [0.05, 0.1) is 12.7 Å². The van der Waals surface area contributed by atoms with E-state index < -0.39 is 22.1 Å². The zero-order valence-electron chi connectivity index (χ0n) is 15.5. The minimum absolute atomic E-state index is 0.0117. The second-order valence-corrected chi connectivity index (χ2v) is 8.21. The van der Waals surface area contributed by atoms with Crippen LogP contribution in [0.3, 0.4) is 0 Å². The molecule has 0 bridgehead atoms. The summed E-state index contributed by atoms with van der Waals surface area (Å²) in [6.07, 6.45) is 0.303. The van der Waals surface area contributed by atoms with Crippen molar-refractivity contribution in [2.75, 3.05) is 11.0 Å². The molecule has 0 radical (unpaired) electrons. The lowest BCUT2D eigenvalue weighted by Gasteiger charge is -2.15. The van der Waals surface area contributed by atoms with Gasteiger partial charge >= 0.3 is 5.97 Å². The van der Waals surface area contributed by atoms with Gasteiger partial charge in [-0.2, -0.15) is 0 Å². The van der Waals surface area contributed by atoms with Crippen LogP contribution in [-0.2, 0) is 19.6 Å². The summed E-state index contributed by atoms with van der Waals surface area (Å²) >= 11 is 0. The first-order valence-electron chi connectivity index (χ1n) is 8.52. The van der Waals surface area contributed by atoms with E-state index in [1.54, 1.807) is 0 Å². The van der Waals surface area contributed by atoms with Crippen LogP contribution in [0.2, 0.25) is 0 Å². The van der Waals surface area contributed by atoms with Gasteiger partial charge in [0.15, 0.2) is 6.10 Å². The Morgan fingerprint density at radius 2 is 1.59 bits per heavy atom. The fraction of sp³-hybridized carbons (Fsp3) is 0.300. The third-order valence-electron chi connectivity index (χ3n) is 3.99. The van der Waals surface area contributed by atoms with E-state index >= 15 is 0 Å². The van der Waals surface area contributed by atoms with E-state index in [4.69, 9.17) is 4.74 Å². The number of hydrogen-bond acceptors (Lipinski definition) is 5. The van der Waals surface area contributed by atoms with Gasteiger partial charge in [-0.1, -0.05) is 37.3 Å². The Bertz CT molecular complexity index is 892. The van der Waals surface area contributed by atoms with E-state index in [0.29, 0.717) is 11.3 Å². The number of carbonyl (C=O) groups excluding carboxylic acids is 2. The molecule has 0 aliphatic heterocycles. The SMILES string of the molecule is C[C@H](CC(=O)O[C@H](C)C(=O)c1ccc(NS(C)(=O)=O)cc1)c1ccccc1. The molecule has 2 atom stereocenters. The van der Waals surface area contributed by atoms with Gasteiger partial charge in [-0.15, -0.1) is 0 Å². The fourth-order valence-electron chi connectivity index (χ4n) is 2.60. The van der Waals surface area contributed by atoms with Gasteiger partial charge in [0.1, 0.15) is 0 Å². The summed E-state index contributed by atoms with van der Waals surface area (Å²) in [5, 5.41) is 0. The number of benzene rings is 2. The van der Waals surface area contributed by atoms with E-state index in [1.807, 2.05) is 37.3 Å². The molecule has 0 aromatic heterocycles. The molecule has 144 valence electrons. The van der Waals surface area contributed by atoms with E-state index in [-0.39, 0.29) is 18.1 Å². The standard InChI is InChI=1S/C20H23NO5S/c1-14(16-7-5-4-6-8-16)13-19(22)26-15(2)20(23)17-9-11-18(12-10-17)21-27(3,24)25/h4-12,14-15,21H,13H2,1-3H3/t14-,15-/m1/s1. The highest BCUT2D eigenvalue weighted by molar-refractivity contribution is 7.92. The van der Waals surface area contributed by atoms with Crippen LogP contribution in [0.4, 0.5) is 5.69 Å². The normalized spacial score (nSPS) is 13.4. The highest BCUT2D eigenvalue weighted by Gasteiger charge is 2.21. The Morgan fingerprint density at radius 1 is 1.00 bits per heavy atom. The van der Waals surface area contributed by atoms with Gasteiger partial charge in [-0.05, 0) is 42.7 Å². The summed E-state index contributed by atoms with van der Waals surface area (Å²) < 4.78 is 30.0. The van der Waals surface area contributed by atoms with E-state index in [2.05, 4.69) is 4.72 Å². The number of nitrogens with one attached hydrogen (secondary N) is 1. The molecule has 0 saturated heterocycles. The van der Waals surface area contributed by atoms with E-state index in [9.17, 15) is 18.0 Å². The zero-order chi connectivity index (χ0) is 20.0. The Labute approximate surface area is 159 Å². The van der Waals surface area contributed by atoms with Crippen molar-refractivity contribution in [1.29, 1.82) is 0 Å². The van der Waals surface area contributed by atoms with Crippen molar-refractivity contribution in [1.82, 2.24) is 0 Å². The molecule has 0 fully saturated rings. The van der Waals surface area contributed by atoms with E-state index in [0.717, 1.165) is 11.8 Å². The number of esters is 1. The highest BCUT2D eigenvalue weighted by Crippen LogP contribution is 2.20. The van der Waals surface area contributed by atoms with Crippen molar-refractivity contribution in [3.8, 4) is 0 Å². The van der Waals surface area contributed by atoms with Crippen LogP contribution in [0.1, 0.15) is 42.1 Å². The van der Waals surface area contributed by atoms with Gasteiger partial charge in [-0.25, -0.2) is 8.42 Å². The molecular formula is C20H23NO5S. The van der Waals surface area contributed by atoms with Gasteiger partial charge in [0.25, 0.3) is 0 Å². The van der Waals surface area contributed by atoms with Crippen LogP contribution in [0, 0.1) is 0 Å². The topological polar surface area (TPSA) is 89.5 Å².